The van der Waals surface area contributed by atoms with E-state index in [-0.39, 0.29) is 28.5 Å². The highest BCUT2D eigenvalue weighted by Crippen LogP contribution is 2.49. The van der Waals surface area contributed by atoms with E-state index in [1.807, 2.05) is 0 Å². The largest absolute Gasteiger partial charge is 0.478 e. The molecule has 0 spiro atoms. The molecule has 4 heterocycles. The van der Waals surface area contributed by atoms with E-state index in [1.54, 1.807) is 13.0 Å². The molecule has 6 rings (SSSR count). The fourth-order valence-corrected chi connectivity index (χ4v) is 8.23. The molecule has 48 heavy (non-hydrogen) atoms. The van der Waals surface area contributed by atoms with Gasteiger partial charge >= 0.3 is 6.09 Å². The molecule has 1 unspecified atom stereocenters. The van der Waals surface area contributed by atoms with E-state index in [0.29, 0.717) is 48.7 Å². The van der Waals surface area contributed by atoms with Crippen molar-refractivity contribution < 1.29 is 36.4 Å². The van der Waals surface area contributed by atoms with Gasteiger partial charge < -0.3 is 14.5 Å². The smallest absolute Gasteiger partial charge is 0.427 e. The van der Waals surface area contributed by atoms with Gasteiger partial charge in [-0.3, -0.25) is 15.0 Å². The molecular formula is C33H38F2N6O6S. The summed E-state index contributed by atoms with van der Waals surface area (Å²) in [5.41, 5.74) is -3.33. The zero-order valence-electron chi connectivity index (χ0n) is 26.8. The molecule has 0 saturated carbocycles. The fraction of sp³-hybridized carbons (Fsp3) is 0.424. The van der Waals surface area contributed by atoms with Gasteiger partial charge in [0, 0.05) is 50.0 Å². The lowest BCUT2D eigenvalue weighted by Crippen LogP contribution is -2.57. The number of benzene rings is 2. The summed E-state index contributed by atoms with van der Waals surface area (Å²) in [5.74, 6) is -4.09. The van der Waals surface area contributed by atoms with Gasteiger partial charge in [-0.05, 0) is 69.7 Å². The standard InChI is InChI=1S/C33H38F2N6O6S/c1-3-38-15-12-23(13-16-38)39-17-19-40(20-18-39)47-32(43)37-33(25-11-8-14-36-30(25)46-4-2)26-21-27(34)28(35)22-29(26)41(31(33)42)48(44,45)24-9-6-5-7-10-24/h5-11,14,21-23H,3-4,12-13,15-20H2,1-2H3,(H,37,43). The van der Waals surface area contributed by atoms with Crippen molar-refractivity contribution in [1.82, 2.24) is 25.2 Å². The number of ether oxygens (including phenoxy) is 1. The Kier molecular flexibility index (Phi) is 9.65. The van der Waals surface area contributed by atoms with Crippen molar-refractivity contribution in [3.05, 3.63) is 83.6 Å². The van der Waals surface area contributed by atoms with Gasteiger partial charge in [0.05, 0.1) is 22.8 Å². The number of fused-ring (bicyclic) bond motifs is 1. The predicted molar refractivity (Wildman–Crippen MR) is 172 cm³/mol. The molecule has 0 bridgehead atoms. The first-order valence-electron chi connectivity index (χ1n) is 16.0. The summed E-state index contributed by atoms with van der Waals surface area (Å²) < 4.78 is 64.0. The highest BCUT2D eigenvalue weighted by molar-refractivity contribution is 7.93. The number of hydrogen-bond acceptors (Lipinski definition) is 10. The molecule has 0 radical (unpaired) electrons. The number of anilines is 1. The summed E-state index contributed by atoms with van der Waals surface area (Å²) in [4.78, 5) is 42.9. The van der Waals surface area contributed by atoms with Crippen molar-refractivity contribution in [2.75, 3.05) is 56.7 Å². The van der Waals surface area contributed by atoms with Crippen molar-refractivity contribution in [1.29, 1.82) is 0 Å². The molecule has 3 aliphatic heterocycles. The van der Waals surface area contributed by atoms with Gasteiger partial charge in [0.2, 0.25) is 5.88 Å². The Labute approximate surface area is 278 Å². The number of aromatic nitrogens is 1. The third kappa shape index (κ3) is 6.11. The summed E-state index contributed by atoms with van der Waals surface area (Å²) in [6.45, 7) is 9.12. The first-order chi connectivity index (χ1) is 23.1. The number of sulfonamides is 1. The van der Waals surface area contributed by atoms with Crippen LogP contribution >= 0.6 is 0 Å². The molecule has 0 aliphatic carbocycles. The van der Waals surface area contributed by atoms with Gasteiger partial charge in [0.25, 0.3) is 15.9 Å². The van der Waals surface area contributed by atoms with Crippen LogP contribution in [-0.4, -0.2) is 98.7 Å². The minimum atomic E-state index is -4.70. The van der Waals surface area contributed by atoms with Crippen LogP contribution < -0.4 is 14.4 Å². The van der Waals surface area contributed by atoms with E-state index in [2.05, 4.69) is 27.0 Å². The van der Waals surface area contributed by atoms with E-state index in [4.69, 9.17) is 9.57 Å². The summed E-state index contributed by atoms with van der Waals surface area (Å²) in [5, 5.41) is 4.03. The summed E-state index contributed by atoms with van der Waals surface area (Å²) in [7, 11) is -4.70. The molecule has 1 aromatic heterocycles. The average Bonchev–Trinajstić information content (AvgIpc) is 3.33. The molecule has 2 fully saturated rings. The predicted octanol–water partition coefficient (Wildman–Crippen LogP) is 3.48. The number of nitrogens with one attached hydrogen (secondary N) is 1. The third-order valence-electron chi connectivity index (χ3n) is 9.20. The van der Waals surface area contributed by atoms with E-state index in [9.17, 15) is 22.4 Å². The number of rotatable bonds is 9. The highest BCUT2D eigenvalue weighted by atomic mass is 32.2. The average molecular weight is 685 g/mol. The number of piperidine rings is 1. The zero-order valence-corrected chi connectivity index (χ0v) is 27.6. The Bertz CT molecular complexity index is 1770. The van der Waals surface area contributed by atoms with Crippen LogP contribution in [0.4, 0.5) is 19.3 Å². The van der Waals surface area contributed by atoms with Crippen molar-refractivity contribution in [3.8, 4) is 5.88 Å². The lowest BCUT2D eigenvalue weighted by molar-refractivity contribution is -0.134. The number of hydrogen-bond donors (Lipinski definition) is 1. The Morgan fingerprint density at radius 1 is 0.958 bits per heavy atom. The maximum atomic E-state index is 15.0. The quantitative estimate of drug-likeness (QED) is 0.358. The third-order valence-corrected chi connectivity index (χ3v) is 10.9. The van der Waals surface area contributed by atoms with Gasteiger partial charge in [-0.15, -0.1) is 5.06 Å². The normalized spacial score (nSPS) is 21.2. The van der Waals surface area contributed by atoms with Gasteiger partial charge in [-0.1, -0.05) is 25.1 Å². The Balaban J connectivity index is 1.35. The van der Waals surface area contributed by atoms with Gasteiger partial charge in [-0.25, -0.2) is 27.0 Å². The van der Waals surface area contributed by atoms with Crippen LogP contribution in [0.5, 0.6) is 5.88 Å². The molecule has 3 aliphatic rings. The lowest BCUT2D eigenvalue weighted by atomic mass is 9.84. The maximum Gasteiger partial charge on any atom is 0.427 e. The zero-order chi connectivity index (χ0) is 34.1. The molecule has 1 atom stereocenters. The van der Waals surface area contributed by atoms with Gasteiger partial charge in [-0.2, -0.15) is 4.31 Å². The van der Waals surface area contributed by atoms with E-state index in [1.165, 1.54) is 47.7 Å². The molecule has 1 N–H and O–H groups in total. The van der Waals surface area contributed by atoms with Crippen molar-refractivity contribution in [3.63, 3.8) is 0 Å². The number of amides is 2. The van der Waals surface area contributed by atoms with Crippen LogP contribution in [0.1, 0.15) is 37.8 Å². The Morgan fingerprint density at radius 3 is 2.31 bits per heavy atom. The molecule has 12 nitrogen and oxygen atoms in total. The topological polar surface area (TPSA) is 125 Å². The molecule has 15 heteroatoms. The lowest BCUT2D eigenvalue weighted by Gasteiger charge is -2.42. The van der Waals surface area contributed by atoms with Crippen LogP contribution in [0.2, 0.25) is 0 Å². The number of pyridine rings is 1. The van der Waals surface area contributed by atoms with E-state index in [0.717, 1.165) is 32.5 Å². The number of carbonyl (C=O) groups is 2. The van der Waals surface area contributed by atoms with E-state index < -0.39 is 44.9 Å². The first-order valence-corrected chi connectivity index (χ1v) is 17.5. The summed E-state index contributed by atoms with van der Waals surface area (Å²) in [6, 6.07) is 11.7. The molecular weight excluding hydrogens is 646 g/mol. The monoisotopic (exact) mass is 684 g/mol. The molecule has 256 valence electrons. The van der Waals surface area contributed by atoms with Crippen LogP contribution in [0.3, 0.4) is 0 Å². The molecule has 3 aromatic rings. The minimum Gasteiger partial charge on any atom is -0.478 e. The maximum absolute atomic E-state index is 15.0. The minimum absolute atomic E-state index is 0.0879. The van der Waals surface area contributed by atoms with Gasteiger partial charge in [0.1, 0.15) is 0 Å². The highest BCUT2D eigenvalue weighted by Gasteiger charge is 2.59. The Morgan fingerprint density at radius 2 is 1.65 bits per heavy atom. The second-order valence-electron chi connectivity index (χ2n) is 11.8. The number of likely N-dealkylation sites (tertiary alicyclic amines) is 1. The first kappa shape index (κ1) is 33.7. The number of carbonyl (C=O) groups excluding carboxylic acids is 2. The van der Waals surface area contributed by atoms with Crippen LogP contribution in [0.15, 0.2) is 65.7 Å². The van der Waals surface area contributed by atoms with Crippen molar-refractivity contribution >= 4 is 27.7 Å². The number of halogens is 2. The molecule has 2 aromatic carbocycles. The second-order valence-corrected chi connectivity index (χ2v) is 13.6. The summed E-state index contributed by atoms with van der Waals surface area (Å²) >= 11 is 0. The van der Waals surface area contributed by atoms with E-state index >= 15 is 4.39 Å². The molecule has 2 saturated heterocycles. The number of piperazine rings is 1. The van der Waals surface area contributed by atoms with Crippen LogP contribution in [0.25, 0.3) is 0 Å². The van der Waals surface area contributed by atoms with Crippen molar-refractivity contribution in [2.24, 2.45) is 0 Å². The summed E-state index contributed by atoms with van der Waals surface area (Å²) in [6.07, 6.45) is 2.41. The number of hydroxylamine groups is 2. The Hall–Kier alpha value is -4.18. The second kappa shape index (κ2) is 13.7. The van der Waals surface area contributed by atoms with Crippen LogP contribution in [-0.2, 0) is 25.2 Å². The number of nitrogens with zero attached hydrogens (tertiary/aromatic N) is 5. The van der Waals surface area contributed by atoms with Crippen molar-refractivity contribution in [2.45, 2.75) is 43.2 Å². The molecule has 2 amide bonds. The van der Waals surface area contributed by atoms with Crippen LogP contribution in [0, 0.1) is 11.6 Å². The fourth-order valence-electron chi connectivity index (χ4n) is 6.75. The van der Waals surface area contributed by atoms with Gasteiger partial charge in [0.15, 0.2) is 17.2 Å². The SMILES string of the molecule is CCOc1ncccc1C1(NC(=O)ON2CCN(C3CCN(CC)CC3)CC2)C(=O)N(S(=O)(=O)c2ccccc2)c2cc(F)c(F)cc21.